The molecule has 0 saturated carbocycles. The Bertz CT molecular complexity index is 1440. The van der Waals surface area contributed by atoms with E-state index in [1.54, 1.807) is 0 Å². The van der Waals surface area contributed by atoms with Crippen LogP contribution in [0.1, 0.15) is 97.2 Å². The smallest absolute Gasteiger partial charge is 0.252 e. The highest BCUT2D eigenvalue weighted by molar-refractivity contribution is 5.85. The maximum atomic E-state index is 11.9. The van der Waals surface area contributed by atoms with Crippen LogP contribution in [0.2, 0.25) is 0 Å². The fraction of sp³-hybridized carbons (Fsp3) is 0.541. The van der Waals surface area contributed by atoms with E-state index >= 15 is 0 Å². The summed E-state index contributed by atoms with van der Waals surface area (Å²) in [6.07, 6.45) is 8.94. The summed E-state index contributed by atoms with van der Waals surface area (Å²) < 4.78 is 5.57. The van der Waals surface area contributed by atoms with Gasteiger partial charge in [-0.15, -0.1) is 0 Å². The van der Waals surface area contributed by atoms with E-state index in [9.17, 15) is 9.59 Å². The first-order valence-electron chi connectivity index (χ1n) is 16.7. The number of nitrogens with zero attached hydrogens (tertiary/aromatic N) is 3. The largest absolute Gasteiger partial charge is 0.381 e. The van der Waals surface area contributed by atoms with Crippen molar-refractivity contribution in [3.05, 3.63) is 80.5 Å². The Kier molecular flexibility index (Phi) is 12.9. The number of H-pyrrole nitrogens is 1. The number of benzene rings is 1. The summed E-state index contributed by atoms with van der Waals surface area (Å²) in [7, 11) is 1.85. The third-order valence-electron chi connectivity index (χ3n) is 9.10. The predicted molar refractivity (Wildman–Crippen MR) is 184 cm³/mol. The molecule has 2 fully saturated rings. The number of rotatable bonds is 10. The van der Waals surface area contributed by atoms with Crippen molar-refractivity contribution in [2.45, 2.75) is 91.8 Å². The molecular weight excluding hydrogens is 562 g/mol. The molecule has 0 atom stereocenters. The van der Waals surface area contributed by atoms with Crippen molar-refractivity contribution < 1.29 is 9.53 Å². The van der Waals surface area contributed by atoms with Gasteiger partial charge in [-0.05, 0) is 113 Å². The lowest BCUT2D eigenvalue weighted by atomic mass is 9.96. The normalized spacial score (nSPS) is 15.9. The number of hydrogen-bond acceptors (Lipinski definition) is 7. The lowest BCUT2D eigenvalue weighted by Gasteiger charge is -2.36. The van der Waals surface area contributed by atoms with Gasteiger partial charge in [-0.3, -0.25) is 19.5 Å². The molecule has 0 aliphatic carbocycles. The molecule has 0 amide bonds. The highest BCUT2D eigenvalue weighted by atomic mass is 16.5. The van der Waals surface area contributed by atoms with Gasteiger partial charge in [-0.2, -0.15) is 0 Å². The van der Waals surface area contributed by atoms with Crippen LogP contribution in [0.3, 0.4) is 0 Å². The second kappa shape index (κ2) is 16.8. The van der Waals surface area contributed by atoms with E-state index in [4.69, 9.17) is 9.72 Å². The SMILES string of the molecule is CCN(c1cc(-c2ccc(CN3CCCCC3)nc2)cc(C=O)c1C)C1CCOCC1.CNCc1c(C(C)C)cc(C)[nH]c1=O. The lowest BCUT2D eigenvalue weighted by molar-refractivity contribution is 0.0846. The molecule has 45 heavy (non-hydrogen) atoms. The Morgan fingerprint density at radius 3 is 2.42 bits per heavy atom. The molecule has 2 N–H and O–H groups in total. The Labute approximate surface area is 269 Å². The predicted octanol–water partition coefficient (Wildman–Crippen LogP) is 6.39. The molecular formula is C37H53N5O3. The van der Waals surface area contributed by atoms with Crippen molar-refractivity contribution in [1.82, 2.24) is 20.2 Å². The van der Waals surface area contributed by atoms with Gasteiger partial charge in [0.05, 0.1) is 5.69 Å². The zero-order valence-corrected chi connectivity index (χ0v) is 28.2. The van der Waals surface area contributed by atoms with E-state index in [-0.39, 0.29) is 5.56 Å². The number of aldehydes is 1. The molecule has 0 radical (unpaired) electrons. The average Bonchev–Trinajstić information content (AvgIpc) is 3.05. The molecule has 2 aliphatic heterocycles. The van der Waals surface area contributed by atoms with Crippen molar-refractivity contribution in [3.63, 3.8) is 0 Å². The molecule has 3 aromatic rings. The Morgan fingerprint density at radius 1 is 1.09 bits per heavy atom. The van der Waals surface area contributed by atoms with Crippen LogP contribution in [0, 0.1) is 13.8 Å². The number of anilines is 1. The lowest BCUT2D eigenvalue weighted by Crippen LogP contribution is -2.40. The number of ether oxygens (including phenoxy) is 1. The van der Waals surface area contributed by atoms with E-state index in [0.29, 0.717) is 18.5 Å². The van der Waals surface area contributed by atoms with E-state index in [1.807, 2.05) is 26.2 Å². The zero-order valence-electron chi connectivity index (χ0n) is 28.2. The summed E-state index contributed by atoms with van der Waals surface area (Å²) in [5.41, 5.74) is 9.17. The van der Waals surface area contributed by atoms with Crippen LogP contribution in [0.5, 0.6) is 0 Å². The molecule has 1 aromatic carbocycles. The van der Waals surface area contributed by atoms with Crippen molar-refractivity contribution in [1.29, 1.82) is 0 Å². The molecule has 2 aliphatic rings. The number of aromatic amines is 1. The monoisotopic (exact) mass is 615 g/mol. The van der Waals surface area contributed by atoms with E-state index < -0.39 is 0 Å². The van der Waals surface area contributed by atoms with Gasteiger partial charge >= 0.3 is 0 Å². The third-order valence-corrected chi connectivity index (χ3v) is 9.10. The molecule has 5 rings (SSSR count). The molecule has 4 heterocycles. The van der Waals surface area contributed by atoms with Crippen molar-refractivity contribution >= 4 is 12.0 Å². The molecule has 8 nitrogen and oxygen atoms in total. The minimum absolute atomic E-state index is 0.0306. The van der Waals surface area contributed by atoms with Crippen LogP contribution in [0.15, 0.2) is 41.3 Å². The Balaban J connectivity index is 0.000000276. The molecule has 0 spiro atoms. The van der Waals surface area contributed by atoms with Crippen molar-refractivity contribution in [2.24, 2.45) is 0 Å². The number of carbonyl (C=O) groups excluding carboxylic acids is 1. The summed E-state index contributed by atoms with van der Waals surface area (Å²) in [6.45, 7) is 16.8. The van der Waals surface area contributed by atoms with Crippen LogP contribution in [-0.2, 0) is 17.8 Å². The number of nitrogens with one attached hydrogen (secondary N) is 2. The standard InChI is InChI=1S/C26H35N3O2.C11H18N2O/c1-3-29(25-9-13-31-14-10-25)26-16-22(15-23(19-30)20(26)2)21-7-8-24(27-17-21)18-28-11-5-4-6-12-28;1-7(2)9-5-8(3)13-11(14)10(9)6-12-4/h7-8,15-17,19,25H,3-6,9-14,18H2,1-2H3;5,7,12H,6H2,1-4H3,(H,13,14). The topological polar surface area (TPSA) is 90.6 Å². The first-order chi connectivity index (χ1) is 21.7. The van der Waals surface area contributed by atoms with Crippen molar-refractivity contribution in [3.8, 4) is 11.1 Å². The van der Waals surface area contributed by atoms with E-state index in [1.165, 1.54) is 32.4 Å². The van der Waals surface area contributed by atoms with Gasteiger partial charge < -0.3 is 19.9 Å². The molecule has 2 aromatic heterocycles. The van der Waals surface area contributed by atoms with Crippen molar-refractivity contribution in [2.75, 3.05) is 44.8 Å². The average molecular weight is 616 g/mol. The first-order valence-corrected chi connectivity index (χ1v) is 16.7. The second-order valence-corrected chi connectivity index (χ2v) is 12.7. The number of likely N-dealkylation sites (tertiary alicyclic amines) is 1. The van der Waals surface area contributed by atoms with Gasteiger partial charge in [0.15, 0.2) is 0 Å². The van der Waals surface area contributed by atoms with Crippen LogP contribution < -0.4 is 15.8 Å². The quantitative estimate of drug-likeness (QED) is 0.256. The maximum absolute atomic E-state index is 11.9. The Morgan fingerprint density at radius 2 is 1.82 bits per heavy atom. The fourth-order valence-corrected chi connectivity index (χ4v) is 6.58. The van der Waals surface area contributed by atoms with Crippen LogP contribution in [0.25, 0.3) is 11.1 Å². The molecule has 244 valence electrons. The number of pyridine rings is 2. The van der Waals surface area contributed by atoms with Gasteiger partial charge in [0, 0.05) is 73.2 Å². The maximum Gasteiger partial charge on any atom is 0.252 e. The molecule has 0 bridgehead atoms. The number of carbonyl (C=O) groups is 1. The first kappa shape index (κ1) is 34.5. The van der Waals surface area contributed by atoms with Crippen LogP contribution >= 0.6 is 0 Å². The number of aromatic nitrogens is 2. The number of hydrogen-bond donors (Lipinski definition) is 2. The van der Waals surface area contributed by atoms with Crippen LogP contribution in [0.4, 0.5) is 5.69 Å². The fourth-order valence-electron chi connectivity index (χ4n) is 6.58. The van der Waals surface area contributed by atoms with Gasteiger partial charge in [0.2, 0.25) is 0 Å². The number of aryl methyl sites for hydroxylation is 1. The minimum atomic E-state index is 0.0306. The summed E-state index contributed by atoms with van der Waals surface area (Å²) in [5, 5.41) is 3.02. The highest BCUT2D eigenvalue weighted by Gasteiger charge is 2.23. The van der Waals surface area contributed by atoms with E-state index in [0.717, 1.165) is 95.9 Å². The molecule has 2 saturated heterocycles. The summed E-state index contributed by atoms with van der Waals surface area (Å²) >= 11 is 0. The summed E-state index contributed by atoms with van der Waals surface area (Å²) in [4.78, 5) is 36.0. The summed E-state index contributed by atoms with van der Waals surface area (Å²) in [6, 6.07) is 11.0. The highest BCUT2D eigenvalue weighted by Crippen LogP contribution is 2.33. The molecule has 8 heteroatoms. The van der Waals surface area contributed by atoms with E-state index in [2.05, 4.69) is 72.1 Å². The zero-order chi connectivity index (χ0) is 32.3. The van der Waals surface area contributed by atoms with Gasteiger partial charge in [0.1, 0.15) is 6.29 Å². The summed E-state index contributed by atoms with van der Waals surface area (Å²) in [5.74, 6) is 0.388. The van der Waals surface area contributed by atoms with Gasteiger partial charge in [-0.25, -0.2) is 0 Å². The second-order valence-electron chi connectivity index (χ2n) is 12.7. The van der Waals surface area contributed by atoms with Gasteiger partial charge in [0.25, 0.3) is 5.56 Å². The minimum Gasteiger partial charge on any atom is -0.381 e. The van der Waals surface area contributed by atoms with Gasteiger partial charge in [-0.1, -0.05) is 26.3 Å². The number of piperidine rings is 1. The molecule has 0 unspecified atom stereocenters. The van der Waals surface area contributed by atoms with Crippen LogP contribution in [-0.4, -0.2) is 67.1 Å². The Hall–Kier alpha value is -3.33. The third kappa shape index (κ3) is 9.12.